The molecule has 0 aliphatic rings. The lowest BCUT2D eigenvalue weighted by Crippen LogP contribution is -2.20. The van der Waals surface area contributed by atoms with Crippen LogP contribution in [0.4, 0.5) is 0 Å². The first kappa shape index (κ1) is 18.2. The number of amides is 2. The summed E-state index contributed by atoms with van der Waals surface area (Å²) < 4.78 is 6.99. The number of primary amides is 1. The Balaban J connectivity index is 2.07. The highest BCUT2D eigenvalue weighted by atomic mass is 79.9. The molecule has 124 valence electrons. The zero-order valence-electron chi connectivity index (χ0n) is 12.3. The molecule has 0 saturated heterocycles. The average molecular weight is 455 g/mol. The Hall–Kier alpha value is -2.19. The van der Waals surface area contributed by atoms with Crippen molar-refractivity contribution in [3.63, 3.8) is 0 Å². The van der Waals surface area contributed by atoms with E-state index in [0.29, 0.717) is 16.9 Å². The van der Waals surface area contributed by atoms with E-state index in [1.807, 2.05) is 0 Å². The van der Waals surface area contributed by atoms with Crippen LogP contribution in [0.5, 0.6) is 5.75 Å². The van der Waals surface area contributed by atoms with Crippen molar-refractivity contribution in [2.75, 3.05) is 6.61 Å². The van der Waals surface area contributed by atoms with Gasteiger partial charge in [0.25, 0.3) is 11.8 Å². The molecule has 0 aromatic heterocycles. The SMILES string of the molecule is NC(=O)COc1ccc(Br)cc1/C=N/NC(=O)c1ccc(Br)cc1. The van der Waals surface area contributed by atoms with Gasteiger partial charge in [0.15, 0.2) is 6.61 Å². The van der Waals surface area contributed by atoms with Crippen LogP contribution in [0.3, 0.4) is 0 Å². The van der Waals surface area contributed by atoms with E-state index in [-0.39, 0.29) is 12.5 Å². The molecule has 0 radical (unpaired) electrons. The highest BCUT2D eigenvalue weighted by molar-refractivity contribution is 9.10. The van der Waals surface area contributed by atoms with Crippen LogP contribution in [0, 0.1) is 0 Å². The molecule has 2 aromatic rings. The third-order valence-corrected chi connectivity index (χ3v) is 3.84. The zero-order chi connectivity index (χ0) is 17.5. The van der Waals surface area contributed by atoms with Crippen molar-refractivity contribution in [3.8, 4) is 5.75 Å². The Bertz CT molecular complexity index is 777. The molecule has 0 spiro atoms. The molecule has 6 nitrogen and oxygen atoms in total. The van der Waals surface area contributed by atoms with Crippen molar-refractivity contribution >= 4 is 49.9 Å². The molecule has 0 fully saturated rings. The largest absolute Gasteiger partial charge is 0.483 e. The van der Waals surface area contributed by atoms with Gasteiger partial charge in [0.2, 0.25) is 0 Å². The highest BCUT2D eigenvalue weighted by Gasteiger charge is 2.06. The Morgan fingerprint density at radius 2 is 1.79 bits per heavy atom. The van der Waals surface area contributed by atoms with Gasteiger partial charge in [0.05, 0.1) is 6.21 Å². The first-order valence-corrected chi connectivity index (χ1v) is 8.34. The fourth-order valence-corrected chi connectivity index (χ4v) is 2.37. The monoisotopic (exact) mass is 453 g/mol. The second-order valence-corrected chi connectivity index (χ2v) is 6.47. The van der Waals surface area contributed by atoms with E-state index in [0.717, 1.165) is 8.95 Å². The number of rotatable bonds is 6. The predicted octanol–water partition coefficient (Wildman–Crippen LogP) is 2.84. The number of nitrogens with two attached hydrogens (primary N) is 1. The molecule has 0 saturated carbocycles. The number of hydrogen-bond donors (Lipinski definition) is 2. The van der Waals surface area contributed by atoms with Crippen molar-refractivity contribution in [1.29, 1.82) is 0 Å². The maximum absolute atomic E-state index is 12.0. The Kier molecular flexibility index (Phi) is 6.51. The lowest BCUT2D eigenvalue weighted by atomic mass is 10.2. The number of carbonyl (C=O) groups excluding carboxylic acids is 2. The number of carbonyl (C=O) groups is 2. The van der Waals surface area contributed by atoms with Gasteiger partial charge < -0.3 is 10.5 Å². The van der Waals surface area contributed by atoms with Crippen LogP contribution < -0.4 is 15.9 Å². The van der Waals surface area contributed by atoms with Crippen molar-refractivity contribution in [2.24, 2.45) is 10.8 Å². The van der Waals surface area contributed by atoms with Gasteiger partial charge in [-0.25, -0.2) is 5.43 Å². The lowest BCUT2D eigenvalue weighted by Gasteiger charge is -2.07. The topological polar surface area (TPSA) is 93.8 Å². The standard InChI is InChI=1S/C16H13Br2N3O3/c17-12-3-1-10(2-4-12)16(23)21-20-8-11-7-13(18)5-6-14(11)24-9-15(19)22/h1-8H,9H2,(H2,19,22)(H,21,23)/b20-8+. The first-order chi connectivity index (χ1) is 11.5. The van der Waals surface area contributed by atoms with Crippen LogP contribution in [0.1, 0.15) is 15.9 Å². The number of halogens is 2. The van der Waals surface area contributed by atoms with Crippen LogP contribution in [0.15, 0.2) is 56.5 Å². The molecule has 0 bridgehead atoms. The maximum atomic E-state index is 12.0. The predicted molar refractivity (Wildman–Crippen MR) is 98.0 cm³/mol. The van der Waals surface area contributed by atoms with E-state index in [9.17, 15) is 9.59 Å². The van der Waals surface area contributed by atoms with E-state index in [4.69, 9.17) is 10.5 Å². The molecule has 2 rings (SSSR count). The fourth-order valence-electron chi connectivity index (χ4n) is 1.73. The molecule has 0 atom stereocenters. The summed E-state index contributed by atoms with van der Waals surface area (Å²) in [7, 11) is 0. The molecule has 8 heteroatoms. The molecule has 2 aromatic carbocycles. The smallest absolute Gasteiger partial charge is 0.271 e. The van der Waals surface area contributed by atoms with E-state index in [1.54, 1.807) is 42.5 Å². The number of hydrazone groups is 1. The molecular formula is C16H13Br2N3O3. The van der Waals surface area contributed by atoms with E-state index < -0.39 is 5.91 Å². The van der Waals surface area contributed by atoms with Gasteiger partial charge in [0.1, 0.15) is 5.75 Å². The van der Waals surface area contributed by atoms with Gasteiger partial charge in [-0.15, -0.1) is 0 Å². The quantitative estimate of drug-likeness (QED) is 0.519. The second kappa shape index (κ2) is 8.60. The van der Waals surface area contributed by atoms with Crippen molar-refractivity contribution in [3.05, 3.63) is 62.5 Å². The summed E-state index contributed by atoms with van der Waals surface area (Å²) >= 11 is 6.64. The summed E-state index contributed by atoms with van der Waals surface area (Å²) in [4.78, 5) is 22.8. The first-order valence-electron chi connectivity index (χ1n) is 6.75. The Labute approximate surface area is 155 Å². The molecule has 0 aliphatic heterocycles. The average Bonchev–Trinajstić information content (AvgIpc) is 2.54. The summed E-state index contributed by atoms with van der Waals surface area (Å²) in [5.74, 6) is -0.489. The number of benzene rings is 2. The van der Waals surface area contributed by atoms with Crippen LogP contribution in [0.2, 0.25) is 0 Å². The molecule has 0 heterocycles. The summed E-state index contributed by atoms with van der Waals surface area (Å²) in [6, 6.07) is 12.1. The summed E-state index contributed by atoms with van der Waals surface area (Å²) in [6.07, 6.45) is 1.43. The van der Waals surface area contributed by atoms with Crippen LogP contribution >= 0.6 is 31.9 Å². The molecule has 3 N–H and O–H groups in total. The van der Waals surface area contributed by atoms with E-state index in [1.165, 1.54) is 6.21 Å². The highest BCUT2D eigenvalue weighted by Crippen LogP contribution is 2.21. The lowest BCUT2D eigenvalue weighted by molar-refractivity contribution is -0.119. The summed E-state index contributed by atoms with van der Waals surface area (Å²) in [5, 5.41) is 3.92. The van der Waals surface area contributed by atoms with Crippen molar-refractivity contribution in [1.82, 2.24) is 5.43 Å². The normalized spacial score (nSPS) is 10.6. The van der Waals surface area contributed by atoms with Crippen LogP contribution in [-0.4, -0.2) is 24.6 Å². The molecular weight excluding hydrogens is 442 g/mol. The maximum Gasteiger partial charge on any atom is 0.271 e. The molecule has 0 unspecified atom stereocenters. The van der Waals surface area contributed by atoms with Gasteiger partial charge >= 0.3 is 0 Å². The molecule has 2 amide bonds. The van der Waals surface area contributed by atoms with E-state index in [2.05, 4.69) is 42.4 Å². The third-order valence-electron chi connectivity index (χ3n) is 2.82. The second-order valence-electron chi connectivity index (χ2n) is 4.64. The number of nitrogens with zero attached hydrogens (tertiary/aromatic N) is 1. The molecule has 0 aliphatic carbocycles. The van der Waals surface area contributed by atoms with Gasteiger partial charge in [-0.1, -0.05) is 31.9 Å². The fraction of sp³-hybridized carbons (Fsp3) is 0.0625. The van der Waals surface area contributed by atoms with Gasteiger partial charge in [-0.2, -0.15) is 5.10 Å². The minimum Gasteiger partial charge on any atom is -0.483 e. The number of ether oxygens (including phenoxy) is 1. The van der Waals surface area contributed by atoms with Crippen LogP contribution in [-0.2, 0) is 4.79 Å². The Morgan fingerprint density at radius 1 is 1.12 bits per heavy atom. The molecule has 24 heavy (non-hydrogen) atoms. The number of hydrogen-bond acceptors (Lipinski definition) is 4. The third kappa shape index (κ3) is 5.47. The van der Waals surface area contributed by atoms with Crippen molar-refractivity contribution in [2.45, 2.75) is 0 Å². The van der Waals surface area contributed by atoms with Crippen LogP contribution in [0.25, 0.3) is 0 Å². The van der Waals surface area contributed by atoms with Crippen molar-refractivity contribution < 1.29 is 14.3 Å². The minimum atomic E-state index is -0.579. The minimum absolute atomic E-state index is 0.242. The van der Waals surface area contributed by atoms with Gasteiger partial charge in [-0.3, -0.25) is 9.59 Å². The Morgan fingerprint density at radius 3 is 2.46 bits per heavy atom. The number of nitrogens with one attached hydrogen (secondary N) is 1. The van der Waals surface area contributed by atoms with Gasteiger partial charge in [-0.05, 0) is 42.5 Å². The van der Waals surface area contributed by atoms with E-state index >= 15 is 0 Å². The zero-order valence-corrected chi connectivity index (χ0v) is 15.5. The summed E-state index contributed by atoms with van der Waals surface area (Å²) in [6.45, 7) is -0.242. The summed E-state index contributed by atoms with van der Waals surface area (Å²) in [5.41, 5.74) is 8.57. The van der Waals surface area contributed by atoms with Gasteiger partial charge in [0, 0.05) is 20.1 Å².